The molecule has 0 saturated carbocycles. The highest BCUT2D eigenvalue weighted by molar-refractivity contribution is 5.76. The first-order valence-electron chi connectivity index (χ1n) is 13.4. The summed E-state index contributed by atoms with van der Waals surface area (Å²) >= 11 is 0. The molecule has 4 heterocycles. The standard InChI is InChI=1S/C29H37N3O4/c1-35-28(34)19-25(23-8-7-21-13-17-36-26(21)18-23)20-11-15-32(16-12-20)27(33)6-2-5-24-10-9-22-4-3-14-30-29(22)31-24/h7-10,18,20,25H,2-6,11-17,19H2,1H3,(H,30,31). The molecule has 1 unspecified atom stereocenters. The number of hydrogen-bond acceptors (Lipinski definition) is 6. The van der Waals surface area contributed by atoms with Crippen LogP contribution >= 0.6 is 0 Å². The molecule has 1 amide bonds. The summed E-state index contributed by atoms with van der Waals surface area (Å²) in [5.41, 5.74) is 4.72. The maximum Gasteiger partial charge on any atom is 0.306 e. The normalized spacial score (nSPS) is 18.0. The largest absolute Gasteiger partial charge is 0.493 e. The zero-order valence-electron chi connectivity index (χ0n) is 21.3. The van der Waals surface area contributed by atoms with Crippen LogP contribution in [-0.4, -0.2) is 55.1 Å². The van der Waals surface area contributed by atoms with Crippen molar-refractivity contribution >= 4 is 17.7 Å². The molecule has 0 spiro atoms. The molecule has 2 aromatic rings. The van der Waals surface area contributed by atoms with E-state index in [1.165, 1.54) is 18.2 Å². The van der Waals surface area contributed by atoms with Crippen molar-refractivity contribution in [1.29, 1.82) is 0 Å². The highest BCUT2D eigenvalue weighted by atomic mass is 16.5. The molecule has 7 heteroatoms. The zero-order valence-corrected chi connectivity index (χ0v) is 21.3. The van der Waals surface area contributed by atoms with Gasteiger partial charge < -0.3 is 19.7 Å². The second-order valence-corrected chi connectivity index (χ2v) is 10.3. The van der Waals surface area contributed by atoms with E-state index in [1.54, 1.807) is 0 Å². The first-order valence-corrected chi connectivity index (χ1v) is 13.4. The van der Waals surface area contributed by atoms with E-state index in [2.05, 4.69) is 35.6 Å². The number of carbonyl (C=O) groups is 2. The highest BCUT2D eigenvalue weighted by Crippen LogP contribution is 2.38. The number of amides is 1. The smallest absolute Gasteiger partial charge is 0.306 e. The number of fused-ring (bicyclic) bond motifs is 2. The molecule has 3 aliphatic rings. The van der Waals surface area contributed by atoms with Crippen LogP contribution in [0.4, 0.5) is 5.82 Å². The molecule has 3 aliphatic heterocycles. The highest BCUT2D eigenvalue weighted by Gasteiger charge is 2.32. The fourth-order valence-electron chi connectivity index (χ4n) is 5.87. The Hall–Kier alpha value is -3.09. The van der Waals surface area contributed by atoms with E-state index in [0.29, 0.717) is 18.8 Å². The molecule has 7 nitrogen and oxygen atoms in total. The van der Waals surface area contributed by atoms with Crippen molar-refractivity contribution in [1.82, 2.24) is 9.88 Å². The van der Waals surface area contributed by atoms with Gasteiger partial charge in [-0.2, -0.15) is 0 Å². The van der Waals surface area contributed by atoms with E-state index in [0.717, 1.165) is 94.0 Å². The molecule has 1 aromatic carbocycles. The number of aromatic nitrogens is 1. The lowest BCUT2D eigenvalue weighted by molar-refractivity contribution is -0.142. The minimum Gasteiger partial charge on any atom is -0.493 e. The van der Waals surface area contributed by atoms with Crippen LogP contribution in [0.1, 0.15) is 66.8 Å². The van der Waals surface area contributed by atoms with Gasteiger partial charge in [0, 0.05) is 38.2 Å². The first kappa shape index (κ1) is 24.6. The molecule has 0 aliphatic carbocycles. The number of ether oxygens (including phenoxy) is 2. The average Bonchev–Trinajstić information content (AvgIpc) is 3.39. The van der Waals surface area contributed by atoms with E-state index < -0.39 is 0 Å². The van der Waals surface area contributed by atoms with E-state index in [1.807, 2.05) is 4.90 Å². The molecule has 1 N–H and O–H groups in total. The molecule has 5 rings (SSSR count). The lowest BCUT2D eigenvalue weighted by atomic mass is 9.78. The van der Waals surface area contributed by atoms with Crippen LogP contribution in [0, 0.1) is 5.92 Å². The van der Waals surface area contributed by atoms with Gasteiger partial charge in [-0.15, -0.1) is 0 Å². The molecule has 36 heavy (non-hydrogen) atoms. The summed E-state index contributed by atoms with van der Waals surface area (Å²) < 4.78 is 10.8. The minimum absolute atomic E-state index is 0.0768. The molecular weight excluding hydrogens is 454 g/mol. The number of anilines is 1. The number of methoxy groups -OCH3 is 1. The van der Waals surface area contributed by atoms with Crippen molar-refractivity contribution in [2.45, 2.75) is 63.7 Å². The second-order valence-electron chi connectivity index (χ2n) is 10.3. The molecule has 0 bridgehead atoms. The summed E-state index contributed by atoms with van der Waals surface area (Å²) in [6, 6.07) is 10.7. The van der Waals surface area contributed by atoms with Crippen molar-refractivity contribution in [3.63, 3.8) is 0 Å². The van der Waals surface area contributed by atoms with E-state index in [-0.39, 0.29) is 17.8 Å². The van der Waals surface area contributed by atoms with Crippen LogP contribution in [0.2, 0.25) is 0 Å². The summed E-state index contributed by atoms with van der Waals surface area (Å²) in [4.78, 5) is 31.9. The van der Waals surface area contributed by atoms with E-state index in [9.17, 15) is 9.59 Å². The van der Waals surface area contributed by atoms with Gasteiger partial charge in [0.25, 0.3) is 0 Å². The fraction of sp³-hybridized carbons (Fsp3) is 0.552. The van der Waals surface area contributed by atoms with Crippen molar-refractivity contribution < 1.29 is 19.1 Å². The number of pyridine rings is 1. The van der Waals surface area contributed by atoms with Gasteiger partial charge in [-0.1, -0.05) is 18.2 Å². The number of rotatable bonds is 8. The number of nitrogens with one attached hydrogen (secondary N) is 1. The Bertz CT molecular complexity index is 1090. The van der Waals surface area contributed by atoms with E-state index in [4.69, 9.17) is 14.5 Å². The molecule has 0 radical (unpaired) electrons. The van der Waals surface area contributed by atoms with Gasteiger partial charge >= 0.3 is 5.97 Å². The topological polar surface area (TPSA) is 80.8 Å². The van der Waals surface area contributed by atoms with Gasteiger partial charge in [0.15, 0.2) is 0 Å². The molecular formula is C29H37N3O4. The van der Waals surface area contributed by atoms with Crippen LogP contribution in [0.5, 0.6) is 5.75 Å². The number of carbonyl (C=O) groups excluding carboxylic acids is 2. The lowest BCUT2D eigenvalue weighted by Gasteiger charge is -2.36. The Balaban J connectivity index is 1.14. The first-order chi connectivity index (χ1) is 17.6. The predicted molar refractivity (Wildman–Crippen MR) is 138 cm³/mol. The Morgan fingerprint density at radius 2 is 2.00 bits per heavy atom. The Kier molecular flexibility index (Phi) is 7.73. The minimum atomic E-state index is -0.189. The third-order valence-corrected chi connectivity index (χ3v) is 8.00. The summed E-state index contributed by atoms with van der Waals surface area (Å²) in [5, 5.41) is 3.38. The number of piperidine rings is 1. The van der Waals surface area contributed by atoms with Crippen molar-refractivity contribution in [2.24, 2.45) is 5.92 Å². The van der Waals surface area contributed by atoms with Gasteiger partial charge in [0.05, 0.1) is 20.1 Å². The van der Waals surface area contributed by atoms with Crippen LogP contribution in [-0.2, 0) is 33.6 Å². The number of aryl methyl sites for hydroxylation is 2. The van der Waals surface area contributed by atoms with Crippen molar-refractivity contribution in [3.8, 4) is 5.75 Å². The third kappa shape index (κ3) is 5.66. The molecule has 1 saturated heterocycles. The number of esters is 1. The average molecular weight is 492 g/mol. The van der Waals surface area contributed by atoms with Crippen molar-refractivity contribution in [3.05, 3.63) is 52.7 Å². The van der Waals surface area contributed by atoms with Gasteiger partial charge in [0.1, 0.15) is 11.6 Å². The van der Waals surface area contributed by atoms with Crippen LogP contribution in [0.25, 0.3) is 0 Å². The lowest BCUT2D eigenvalue weighted by Crippen LogP contribution is -2.40. The Morgan fingerprint density at radius 3 is 2.83 bits per heavy atom. The quantitative estimate of drug-likeness (QED) is 0.555. The zero-order chi connectivity index (χ0) is 24.9. The van der Waals surface area contributed by atoms with Gasteiger partial charge in [-0.05, 0) is 79.2 Å². The summed E-state index contributed by atoms with van der Waals surface area (Å²) in [6.45, 7) is 3.19. The SMILES string of the molecule is COC(=O)CC(c1ccc2c(c1)OCC2)C1CCN(C(=O)CCCc2ccc3c(n2)NCCC3)CC1. The Labute approximate surface area is 213 Å². The third-order valence-electron chi connectivity index (χ3n) is 8.00. The number of likely N-dealkylation sites (tertiary alicyclic amines) is 1. The van der Waals surface area contributed by atoms with Crippen LogP contribution in [0.15, 0.2) is 30.3 Å². The maximum atomic E-state index is 12.9. The molecule has 192 valence electrons. The fourth-order valence-corrected chi connectivity index (χ4v) is 5.87. The van der Waals surface area contributed by atoms with Crippen molar-refractivity contribution in [2.75, 3.05) is 38.7 Å². The Morgan fingerprint density at radius 1 is 1.17 bits per heavy atom. The molecule has 1 aromatic heterocycles. The van der Waals surface area contributed by atoms with Crippen LogP contribution in [0.3, 0.4) is 0 Å². The number of hydrogen-bond donors (Lipinski definition) is 1. The summed E-state index contributed by atoms with van der Waals surface area (Å²) in [7, 11) is 1.45. The predicted octanol–water partition coefficient (Wildman–Crippen LogP) is 4.28. The maximum absolute atomic E-state index is 12.9. The monoisotopic (exact) mass is 491 g/mol. The second kappa shape index (κ2) is 11.3. The number of nitrogens with zero attached hydrogens (tertiary/aromatic N) is 2. The van der Waals surface area contributed by atoms with Gasteiger partial charge in [-0.25, -0.2) is 4.98 Å². The van der Waals surface area contributed by atoms with Crippen LogP contribution < -0.4 is 10.1 Å². The molecule has 1 fully saturated rings. The summed E-state index contributed by atoms with van der Waals surface area (Å²) in [6.07, 6.45) is 7.50. The van der Waals surface area contributed by atoms with Gasteiger partial charge in [0.2, 0.25) is 5.91 Å². The van der Waals surface area contributed by atoms with E-state index >= 15 is 0 Å². The summed E-state index contributed by atoms with van der Waals surface area (Å²) in [5.74, 6) is 2.40. The van der Waals surface area contributed by atoms with Gasteiger partial charge in [-0.3, -0.25) is 9.59 Å². The number of benzene rings is 1. The molecule has 1 atom stereocenters.